The maximum Gasteiger partial charge on any atom is 0.327 e. The second-order valence-electron chi connectivity index (χ2n) is 8.24. The highest BCUT2D eigenvalue weighted by Gasteiger charge is 2.47. The molecule has 2 aliphatic heterocycles. The van der Waals surface area contributed by atoms with E-state index in [9.17, 15) is 14.4 Å². The molecule has 1 aromatic rings. The number of hydrogen-bond acceptors (Lipinski definition) is 5. The van der Waals surface area contributed by atoms with E-state index >= 15 is 0 Å². The molecule has 3 aliphatic rings. The lowest BCUT2D eigenvalue weighted by molar-refractivity contribution is -0.139. The fourth-order valence-corrected chi connectivity index (χ4v) is 4.70. The van der Waals surface area contributed by atoms with E-state index in [1.807, 2.05) is 6.07 Å². The van der Waals surface area contributed by atoms with Gasteiger partial charge in [-0.15, -0.1) is 0 Å². The van der Waals surface area contributed by atoms with Gasteiger partial charge in [0, 0.05) is 18.4 Å². The minimum Gasteiger partial charge on any atom is -0.352 e. The van der Waals surface area contributed by atoms with Gasteiger partial charge in [-0.05, 0) is 43.9 Å². The van der Waals surface area contributed by atoms with Crippen molar-refractivity contribution in [1.29, 1.82) is 0 Å². The predicted octanol–water partition coefficient (Wildman–Crippen LogP) is 1.42. The average Bonchev–Trinajstić information content (AvgIpc) is 2.75. The summed E-state index contributed by atoms with van der Waals surface area (Å²) in [6.45, 7) is 0.899. The number of amides is 4. The van der Waals surface area contributed by atoms with Gasteiger partial charge in [-0.2, -0.15) is 0 Å². The van der Waals surface area contributed by atoms with Gasteiger partial charge in [0.05, 0.1) is 12.6 Å². The van der Waals surface area contributed by atoms with Crippen molar-refractivity contribution in [2.75, 3.05) is 13.1 Å². The third-order valence-electron chi connectivity index (χ3n) is 6.18. The Morgan fingerprint density at radius 3 is 2.76 bits per heavy atom. The van der Waals surface area contributed by atoms with Crippen LogP contribution in [0.2, 0.25) is 0 Å². The molecule has 1 saturated carbocycles. The van der Waals surface area contributed by atoms with E-state index < -0.39 is 6.04 Å². The Labute approximate surface area is 171 Å². The summed E-state index contributed by atoms with van der Waals surface area (Å²) in [5.41, 5.74) is 0.787. The first kappa shape index (κ1) is 19.8. The molecular formula is C21H29N5O3. The standard InChI is InChI=1S/C21H29N5O3/c27-18(24-16-7-2-1-3-8-16)14-25-17-9-5-11-23-19(17)20(28)26(21(25)29)13-15-6-4-10-22-12-15/h4,6,10,12,16-17,19,23H,1-3,5,7-9,11,13-14H2,(H,24,27). The van der Waals surface area contributed by atoms with Crippen molar-refractivity contribution in [2.45, 2.75) is 69.6 Å². The molecule has 2 saturated heterocycles. The third kappa shape index (κ3) is 4.42. The summed E-state index contributed by atoms with van der Waals surface area (Å²) in [6.07, 6.45) is 10.4. The first-order valence-electron chi connectivity index (χ1n) is 10.7. The van der Waals surface area contributed by atoms with Crippen LogP contribution in [0, 0.1) is 0 Å². The summed E-state index contributed by atoms with van der Waals surface area (Å²) < 4.78 is 0. The number of imide groups is 1. The fraction of sp³-hybridized carbons (Fsp3) is 0.619. The number of rotatable bonds is 5. The molecule has 0 aromatic carbocycles. The SMILES string of the molecule is O=C(CN1C(=O)N(Cc2cccnc2)C(=O)C2NCCCC21)NC1CCCCC1. The van der Waals surface area contributed by atoms with Crippen molar-refractivity contribution in [2.24, 2.45) is 0 Å². The molecule has 2 unspecified atom stereocenters. The molecule has 0 radical (unpaired) electrons. The largest absolute Gasteiger partial charge is 0.352 e. The monoisotopic (exact) mass is 399 g/mol. The van der Waals surface area contributed by atoms with Crippen molar-refractivity contribution in [1.82, 2.24) is 25.4 Å². The number of aromatic nitrogens is 1. The van der Waals surface area contributed by atoms with Crippen molar-refractivity contribution in [3.63, 3.8) is 0 Å². The number of pyridine rings is 1. The molecule has 8 heteroatoms. The van der Waals surface area contributed by atoms with Crippen LogP contribution in [-0.4, -0.2) is 63.8 Å². The molecule has 4 amide bonds. The molecule has 0 bridgehead atoms. The van der Waals surface area contributed by atoms with Crippen molar-refractivity contribution in [3.8, 4) is 0 Å². The van der Waals surface area contributed by atoms with Gasteiger partial charge in [0.25, 0.3) is 0 Å². The number of nitrogens with one attached hydrogen (secondary N) is 2. The van der Waals surface area contributed by atoms with Crippen molar-refractivity contribution >= 4 is 17.8 Å². The minimum absolute atomic E-state index is 0.00496. The van der Waals surface area contributed by atoms with E-state index in [0.717, 1.165) is 50.6 Å². The van der Waals surface area contributed by atoms with Crippen LogP contribution in [0.3, 0.4) is 0 Å². The van der Waals surface area contributed by atoms with Gasteiger partial charge in [-0.3, -0.25) is 19.5 Å². The van der Waals surface area contributed by atoms with E-state index in [-0.39, 0.29) is 43.0 Å². The van der Waals surface area contributed by atoms with Gasteiger partial charge < -0.3 is 15.5 Å². The molecule has 8 nitrogen and oxygen atoms in total. The maximum absolute atomic E-state index is 13.2. The van der Waals surface area contributed by atoms with Gasteiger partial charge in [0.15, 0.2) is 0 Å². The lowest BCUT2D eigenvalue weighted by Crippen LogP contribution is -2.70. The Kier molecular flexibility index (Phi) is 6.08. The van der Waals surface area contributed by atoms with Crippen molar-refractivity contribution in [3.05, 3.63) is 30.1 Å². The number of urea groups is 1. The second kappa shape index (κ2) is 8.90. The van der Waals surface area contributed by atoms with Crippen LogP contribution in [0.25, 0.3) is 0 Å². The maximum atomic E-state index is 13.2. The summed E-state index contributed by atoms with van der Waals surface area (Å²) in [7, 11) is 0. The van der Waals surface area contributed by atoms with Crippen LogP contribution in [0.5, 0.6) is 0 Å². The lowest BCUT2D eigenvalue weighted by atomic mass is 9.93. The molecule has 4 rings (SSSR count). The highest BCUT2D eigenvalue weighted by molar-refractivity contribution is 6.01. The topological polar surface area (TPSA) is 94.6 Å². The van der Waals surface area contributed by atoms with Crippen LogP contribution in [0.15, 0.2) is 24.5 Å². The summed E-state index contributed by atoms with van der Waals surface area (Å²) in [5.74, 6) is -0.349. The first-order valence-corrected chi connectivity index (χ1v) is 10.7. The van der Waals surface area contributed by atoms with Crippen LogP contribution in [0.1, 0.15) is 50.5 Å². The Hall–Kier alpha value is -2.48. The molecule has 2 atom stereocenters. The van der Waals surface area contributed by atoms with Gasteiger partial charge in [-0.25, -0.2) is 4.79 Å². The van der Waals surface area contributed by atoms with Crippen LogP contribution in [-0.2, 0) is 16.1 Å². The van der Waals surface area contributed by atoms with Crippen molar-refractivity contribution < 1.29 is 14.4 Å². The van der Waals surface area contributed by atoms with Gasteiger partial charge >= 0.3 is 6.03 Å². The van der Waals surface area contributed by atoms with E-state index in [2.05, 4.69) is 15.6 Å². The Bertz CT molecular complexity index is 750. The Morgan fingerprint density at radius 2 is 2.00 bits per heavy atom. The normalized spacial score (nSPS) is 25.7. The van der Waals surface area contributed by atoms with Crippen LogP contribution in [0.4, 0.5) is 4.79 Å². The first-order chi connectivity index (χ1) is 14.1. The number of carbonyl (C=O) groups is 3. The van der Waals surface area contributed by atoms with Gasteiger partial charge in [0.2, 0.25) is 11.8 Å². The average molecular weight is 399 g/mol. The smallest absolute Gasteiger partial charge is 0.327 e. The fourth-order valence-electron chi connectivity index (χ4n) is 4.70. The number of nitrogens with zero attached hydrogens (tertiary/aromatic N) is 3. The Morgan fingerprint density at radius 1 is 1.17 bits per heavy atom. The lowest BCUT2D eigenvalue weighted by Gasteiger charge is -2.46. The van der Waals surface area contributed by atoms with E-state index in [0.29, 0.717) is 0 Å². The quantitative estimate of drug-likeness (QED) is 0.781. The molecule has 3 heterocycles. The highest BCUT2D eigenvalue weighted by atomic mass is 16.2. The molecule has 29 heavy (non-hydrogen) atoms. The number of fused-ring (bicyclic) bond motifs is 1. The minimum atomic E-state index is -0.458. The summed E-state index contributed by atoms with van der Waals surface area (Å²) in [6, 6.07) is 2.71. The van der Waals surface area contributed by atoms with Crippen LogP contribution >= 0.6 is 0 Å². The molecular weight excluding hydrogens is 370 g/mol. The Balaban J connectivity index is 1.49. The zero-order valence-corrected chi connectivity index (χ0v) is 16.7. The highest BCUT2D eigenvalue weighted by Crippen LogP contribution is 2.26. The number of hydrogen-bond donors (Lipinski definition) is 2. The number of carbonyl (C=O) groups excluding carboxylic acids is 3. The predicted molar refractivity (Wildman–Crippen MR) is 107 cm³/mol. The second-order valence-corrected chi connectivity index (χ2v) is 8.24. The van der Waals surface area contributed by atoms with Gasteiger partial charge in [-0.1, -0.05) is 25.3 Å². The molecule has 1 aromatic heterocycles. The van der Waals surface area contributed by atoms with Crippen LogP contribution < -0.4 is 10.6 Å². The molecule has 3 fully saturated rings. The zero-order valence-electron chi connectivity index (χ0n) is 16.7. The van der Waals surface area contributed by atoms with E-state index in [1.54, 1.807) is 23.4 Å². The zero-order chi connectivity index (χ0) is 20.2. The summed E-state index contributed by atoms with van der Waals surface area (Å²) >= 11 is 0. The molecule has 0 spiro atoms. The number of piperidine rings is 1. The van der Waals surface area contributed by atoms with E-state index in [4.69, 9.17) is 0 Å². The van der Waals surface area contributed by atoms with E-state index in [1.165, 1.54) is 11.3 Å². The summed E-state index contributed by atoms with van der Waals surface area (Å²) in [5, 5.41) is 6.35. The summed E-state index contributed by atoms with van der Waals surface area (Å²) in [4.78, 5) is 45.9. The molecule has 2 N–H and O–H groups in total. The van der Waals surface area contributed by atoms with Gasteiger partial charge in [0.1, 0.15) is 12.6 Å². The molecule has 1 aliphatic carbocycles. The third-order valence-corrected chi connectivity index (χ3v) is 6.18. The molecule has 156 valence electrons.